The molecule has 0 N–H and O–H groups in total. The first-order valence-electron chi connectivity index (χ1n) is 6.37. The fourth-order valence-electron chi connectivity index (χ4n) is 2.24. The summed E-state index contributed by atoms with van der Waals surface area (Å²) in [5.74, 6) is 1.31. The molecule has 1 aliphatic rings. The Balaban J connectivity index is 1.69. The van der Waals surface area contributed by atoms with Gasteiger partial charge in [-0.25, -0.2) is 0 Å². The number of pyridine rings is 1. The first-order chi connectivity index (χ1) is 8.92. The SMILES string of the molecule is c1cncc(-c2noc(CN3CCCCC3)n2)c1. The highest BCUT2D eigenvalue weighted by atomic mass is 16.5. The molecule has 5 heteroatoms. The smallest absolute Gasteiger partial charge is 0.241 e. The Bertz CT molecular complexity index is 491. The van der Waals surface area contributed by atoms with Crippen LogP contribution in [0.4, 0.5) is 0 Å². The first-order valence-corrected chi connectivity index (χ1v) is 6.37. The zero-order valence-electron chi connectivity index (χ0n) is 10.2. The molecule has 18 heavy (non-hydrogen) atoms. The molecule has 3 rings (SSSR count). The molecular weight excluding hydrogens is 228 g/mol. The highest BCUT2D eigenvalue weighted by Crippen LogP contribution is 2.16. The van der Waals surface area contributed by atoms with E-state index in [1.54, 1.807) is 12.4 Å². The molecular formula is C13H16N4O. The molecule has 0 atom stereocenters. The van der Waals surface area contributed by atoms with Gasteiger partial charge in [-0.3, -0.25) is 9.88 Å². The average molecular weight is 244 g/mol. The molecule has 3 heterocycles. The van der Waals surface area contributed by atoms with Crippen LogP contribution >= 0.6 is 0 Å². The van der Waals surface area contributed by atoms with Crippen molar-refractivity contribution in [2.75, 3.05) is 13.1 Å². The molecule has 0 saturated carbocycles. The van der Waals surface area contributed by atoms with E-state index in [9.17, 15) is 0 Å². The molecule has 2 aromatic heterocycles. The molecule has 1 fully saturated rings. The largest absolute Gasteiger partial charge is 0.338 e. The minimum atomic E-state index is 0.620. The summed E-state index contributed by atoms with van der Waals surface area (Å²) < 4.78 is 5.29. The lowest BCUT2D eigenvalue weighted by atomic mass is 10.1. The van der Waals surface area contributed by atoms with Crippen LogP contribution in [0.2, 0.25) is 0 Å². The highest BCUT2D eigenvalue weighted by molar-refractivity contribution is 5.51. The third kappa shape index (κ3) is 2.56. The highest BCUT2D eigenvalue weighted by Gasteiger charge is 2.15. The van der Waals surface area contributed by atoms with Crippen molar-refractivity contribution in [1.82, 2.24) is 20.0 Å². The minimum Gasteiger partial charge on any atom is -0.338 e. The van der Waals surface area contributed by atoms with Crippen LogP contribution in [-0.2, 0) is 6.54 Å². The van der Waals surface area contributed by atoms with Crippen LogP contribution < -0.4 is 0 Å². The van der Waals surface area contributed by atoms with Gasteiger partial charge in [-0.2, -0.15) is 4.98 Å². The Kier molecular flexibility index (Phi) is 3.32. The van der Waals surface area contributed by atoms with Crippen molar-refractivity contribution in [1.29, 1.82) is 0 Å². The fourth-order valence-corrected chi connectivity index (χ4v) is 2.24. The van der Waals surface area contributed by atoms with Gasteiger partial charge in [0.05, 0.1) is 6.54 Å². The number of piperidine rings is 1. The van der Waals surface area contributed by atoms with Gasteiger partial charge in [0, 0.05) is 18.0 Å². The van der Waals surface area contributed by atoms with E-state index in [4.69, 9.17) is 4.52 Å². The second-order valence-electron chi connectivity index (χ2n) is 4.59. The van der Waals surface area contributed by atoms with Gasteiger partial charge in [-0.1, -0.05) is 11.6 Å². The van der Waals surface area contributed by atoms with Gasteiger partial charge in [-0.05, 0) is 38.1 Å². The van der Waals surface area contributed by atoms with Crippen molar-refractivity contribution in [3.05, 3.63) is 30.4 Å². The van der Waals surface area contributed by atoms with Crippen LogP contribution in [0.3, 0.4) is 0 Å². The Morgan fingerprint density at radius 3 is 2.89 bits per heavy atom. The third-order valence-electron chi connectivity index (χ3n) is 3.20. The van der Waals surface area contributed by atoms with Crippen molar-refractivity contribution in [2.45, 2.75) is 25.8 Å². The monoisotopic (exact) mass is 244 g/mol. The normalized spacial score (nSPS) is 16.9. The van der Waals surface area contributed by atoms with Crippen LogP contribution in [-0.4, -0.2) is 33.1 Å². The summed E-state index contributed by atoms with van der Waals surface area (Å²) >= 11 is 0. The Morgan fingerprint density at radius 1 is 1.22 bits per heavy atom. The van der Waals surface area contributed by atoms with Gasteiger partial charge in [0.2, 0.25) is 11.7 Å². The predicted molar refractivity (Wildman–Crippen MR) is 66.7 cm³/mol. The van der Waals surface area contributed by atoms with Gasteiger partial charge in [0.1, 0.15) is 0 Å². The molecule has 0 spiro atoms. The average Bonchev–Trinajstić information content (AvgIpc) is 2.89. The molecule has 5 nitrogen and oxygen atoms in total. The minimum absolute atomic E-state index is 0.620. The molecule has 0 aliphatic carbocycles. The maximum Gasteiger partial charge on any atom is 0.241 e. The standard InChI is InChI=1S/C13H16N4O/c1-2-7-17(8-3-1)10-12-15-13(16-18-12)11-5-4-6-14-9-11/h4-6,9H,1-3,7-8,10H2. The number of rotatable bonds is 3. The molecule has 0 unspecified atom stereocenters. The number of likely N-dealkylation sites (tertiary alicyclic amines) is 1. The van der Waals surface area contributed by atoms with E-state index in [1.165, 1.54) is 19.3 Å². The maximum absolute atomic E-state index is 5.29. The zero-order chi connectivity index (χ0) is 12.2. The molecule has 0 bridgehead atoms. The zero-order valence-corrected chi connectivity index (χ0v) is 10.2. The van der Waals surface area contributed by atoms with Crippen LogP contribution in [0.15, 0.2) is 29.0 Å². The van der Waals surface area contributed by atoms with Gasteiger partial charge in [-0.15, -0.1) is 0 Å². The molecule has 0 amide bonds. The number of aromatic nitrogens is 3. The van der Waals surface area contributed by atoms with Crippen LogP contribution in [0, 0.1) is 0 Å². The van der Waals surface area contributed by atoms with Crippen molar-refractivity contribution in [2.24, 2.45) is 0 Å². The van der Waals surface area contributed by atoms with E-state index in [-0.39, 0.29) is 0 Å². The first kappa shape index (κ1) is 11.3. The predicted octanol–water partition coefficient (Wildman–Crippen LogP) is 2.12. The lowest BCUT2D eigenvalue weighted by molar-refractivity contribution is 0.193. The second kappa shape index (κ2) is 5.27. The molecule has 1 aliphatic heterocycles. The van der Waals surface area contributed by atoms with Gasteiger partial charge in [0.15, 0.2) is 0 Å². The number of hydrogen-bond acceptors (Lipinski definition) is 5. The van der Waals surface area contributed by atoms with E-state index >= 15 is 0 Å². The molecule has 94 valence electrons. The van der Waals surface area contributed by atoms with E-state index in [2.05, 4.69) is 20.0 Å². The molecule has 0 radical (unpaired) electrons. The van der Waals surface area contributed by atoms with Gasteiger partial charge in [0.25, 0.3) is 0 Å². The van der Waals surface area contributed by atoms with Crippen LogP contribution in [0.25, 0.3) is 11.4 Å². The van der Waals surface area contributed by atoms with Crippen molar-refractivity contribution < 1.29 is 4.52 Å². The third-order valence-corrected chi connectivity index (χ3v) is 3.20. The summed E-state index contributed by atoms with van der Waals surface area (Å²) in [5, 5.41) is 4.00. The number of nitrogens with zero attached hydrogens (tertiary/aromatic N) is 4. The van der Waals surface area contributed by atoms with E-state index in [0.29, 0.717) is 11.7 Å². The van der Waals surface area contributed by atoms with Crippen molar-refractivity contribution >= 4 is 0 Å². The van der Waals surface area contributed by atoms with Crippen molar-refractivity contribution in [3.63, 3.8) is 0 Å². The second-order valence-corrected chi connectivity index (χ2v) is 4.59. The van der Waals surface area contributed by atoms with Crippen molar-refractivity contribution in [3.8, 4) is 11.4 Å². The van der Waals surface area contributed by atoms with Crippen LogP contribution in [0.1, 0.15) is 25.2 Å². The van der Waals surface area contributed by atoms with E-state index in [0.717, 1.165) is 25.2 Å². The summed E-state index contributed by atoms with van der Waals surface area (Å²) in [4.78, 5) is 10.8. The lowest BCUT2D eigenvalue weighted by Crippen LogP contribution is -2.29. The maximum atomic E-state index is 5.29. The molecule has 2 aromatic rings. The van der Waals surface area contributed by atoms with Gasteiger partial charge < -0.3 is 4.52 Å². The summed E-state index contributed by atoms with van der Waals surface area (Å²) in [6, 6.07) is 3.80. The Morgan fingerprint density at radius 2 is 2.11 bits per heavy atom. The van der Waals surface area contributed by atoms with Crippen LogP contribution in [0.5, 0.6) is 0 Å². The lowest BCUT2D eigenvalue weighted by Gasteiger charge is -2.24. The number of hydrogen-bond donors (Lipinski definition) is 0. The Labute approximate surface area is 106 Å². The quantitative estimate of drug-likeness (QED) is 0.827. The fraction of sp³-hybridized carbons (Fsp3) is 0.462. The van der Waals surface area contributed by atoms with E-state index in [1.807, 2.05) is 12.1 Å². The summed E-state index contributed by atoms with van der Waals surface area (Å²) in [6.45, 7) is 3.02. The topological polar surface area (TPSA) is 55.1 Å². The molecule has 1 saturated heterocycles. The summed E-state index contributed by atoms with van der Waals surface area (Å²) in [5.41, 5.74) is 0.895. The Hall–Kier alpha value is -1.75. The summed E-state index contributed by atoms with van der Waals surface area (Å²) in [6.07, 6.45) is 7.35. The molecule has 0 aromatic carbocycles. The van der Waals surface area contributed by atoms with Gasteiger partial charge >= 0.3 is 0 Å². The van der Waals surface area contributed by atoms with E-state index < -0.39 is 0 Å². The summed E-state index contributed by atoms with van der Waals surface area (Å²) in [7, 11) is 0.